The maximum absolute atomic E-state index is 12.3. The van der Waals surface area contributed by atoms with Crippen LogP contribution in [0.1, 0.15) is 29.0 Å². The van der Waals surface area contributed by atoms with Gasteiger partial charge >= 0.3 is 5.97 Å². The monoisotopic (exact) mass is 291 g/mol. The Kier molecular flexibility index (Phi) is 4.06. The van der Waals surface area contributed by atoms with Crippen molar-refractivity contribution in [2.24, 2.45) is 7.05 Å². The molecule has 0 bridgehead atoms. The molecule has 1 N–H and O–H groups in total. The van der Waals surface area contributed by atoms with Crippen LogP contribution in [0.3, 0.4) is 0 Å². The molecule has 0 saturated carbocycles. The van der Waals surface area contributed by atoms with Crippen molar-refractivity contribution in [1.82, 2.24) is 24.5 Å². The Hall–Kier alpha value is -2.64. The van der Waals surface area contributed by atoms with E-state index in [-0.39, 0.29) is 11.6 Å². The van der Waals surface area contributed by atoms with E-state index in [4.69, 9.17) is 5.11 Å². The second-order valence-corrected chi connectivity index (χ2v) is 4.88. The summed E-state index contributed by atoms with van der Waals surface area (Å²) in [6.07, 6.45) is 5.03. The predicted molar refractivity (Wildman–Crippen MR) is 73.6 cm³/mol. The summed E-state index contributed by atoms with van der Waals surface area (Å²) in [6, 6.07) is 0.799. The lowest BCUT2D eigenvalue weighted by Gasteiger charge is -2.21. The molecule has 8 heteroatoms. The van der Waals surface area contributed by atoms with Crippen LogP contribution in [0.15, 0.2) is 24.7 Å². The number of amides is 1. The minimum atomic E-state index is -1.11. The fourth-order valence-corrected chi connectivity index (χ4v) is 2.01. The lowest BCUT2D eigenvalue weighted by Crippen LogP contribution is -2.33. The van der Waals surface area contributed by atoms with Gasteiger partial charge in [0, 0.05) is 38.6 Å². The average molecular weight is 291 g/mol. The highest BCUT2D eigenvalue weighted by atomic mass is 16.4. The van der Waals surface area contributed by atoms with Gasteiger partial charge in [-0.2, -0.15) is 10.2 Å². The first-order valence-corrected chi connectivity index (χ1v) is 6.39. The van der Waals surface area contributed by atoms with Crippen LogP contribution in [0.5, 0.6) is 0 Å². The van der Waals surface area contributed by atoms with Gasteiger partial charge < -0.3 is 10.0 Å². The number of aromatic nitrogens is 4. The van der Waals surface area contributed by atoms with Crippen molar-refractivity contribution in [3.63, 3.8) is 0 Å². The normalized spacial score (nSPS) is 12.1. The fraction of sp³-hybridized carbons (Fsp3) is 0.385. The van der Waals surface area contributed by atoms with E-state index in [9.17, 15) is 9.59 Å². The summed E-state index contributed by atoms with van der Waals surface area (Å²) in [4.78, 5) is 24.7. The molecule has 2 aromatic heterocycles. The van der Waals surface area contributed by atoms with Gasteiger partial charge in [-0.3, -0.25) is 14.2 Å². The van der Waals surface area contributed by atoms with Crippen LogP contribution in [0.2, 0.25) is 0 Å². The van der Waals surface area contributed by atoms with Crippen LogP contribution in [-0.2, 0) is 18.4 Å². The first-order chi connectivity index (χ1) is 9.88. The number of carboxylic acids is 1. The van der Waals surface area contributed by atoms with Gasteiger partial charge in [0.25, 0.3) is 0 Å². The van der Waals surface area contributed by atoms with E-state index >= 15 is 0 Å². The molecular weight excluding hydrogens is 274 g/mol. The number of hydrogen-bond acceptors (Lipinski definition) is 4. The highest BCUT2D eigenvalue weighted by molar-refractivity contribution is 5.85. The van der Waals surface area contributed by atoms with E-state index in [1.54, 1.807) is 29.7 Å². The highest BCUT2D eigenvalue weighted by Gasteiger charge is 2.21. The number of carbonyl (C=O) groups excluding carboxylic acids is 1. The van der Waals surface area contributed by atoms with Gasteiger partial charge in [-0.25, -0.2) is 4.79 Å². The zero-order valence-electron chi connectivity index (χ0n) is 12.1. The molecule has 2 heterocycles. The lowest BCUT2D eigenvalue weighted by atomic mass is 10.2. The SMILES string of the molecule is CC(C(=O)N(C)Cc1cnn(C)c1)n1ccc(C(=O)O)n1. The number of carboxylic acid groups (broad SMARTS) is 1. The molecule has 1 unspecified atom stereocenters. The quantitative estimate of drug-likeness (QED) is 0.867. The van der Waals surface area contributed by atoms with E-state index in [0.29, 0.717) is 6.54 Å². The minimum absolute atomic E-state index is 0.0791. The van der Waals surface area contributed by atoms with Crippen molar-refractivity contribution < 1.29 is 14.7 Å². The van der Waals surface area contributed by atoms with Gasteiger partial charge in [-0.1, -0.05) is 0 Å². The van der Waals surface area contributed by atoms with Crippen LogP contribution < -0.4 is 0 Å². The summed E-state index contributed by atoms with van der Waals surface area (Å²) in [5, 5.41) is 16.8. The molecule has 8 nitrogen and oxygen atoms in total. The number of carbonyl (C=O) groups is 2. The molecule has 2 rings (SSSR count). The smallest absolute Gasteiger partial charge is 0.356 e. The first kappa shape index (κ1) is 14.8. The number of aryl methyl sites for hydroxylation is 1. The highest BCUT2D eigenvalue weighted by Crippen LogP contribution is 2.11. The Morgan fingerprint density at radius 1 is 1.48 bits per heavy atom. The predicted octanol–water partition coefficient (Wildman–Crippen LogP) is 0.534. The van der Waals surface area contributed by atoms with Crippen molar-refractivity contribution in [1.29, 1.82) is 0 Å². The molecule has 0 aliphatic carbocycles. The topological polar surface area (TPSA) is 93.2 Å². The average Bonchev–Trinajstić information content (AvgIpc) is 3.06. The number of nitrogens with zero attached hydrogens (tertiary/aromatic N) is 5. The van der Waals surface area contributed by atoms with Crippen molar-refractivity contribution in [3.8, 4) is 0 Å². The molecule has 112 valence electrons. The maximum atomic E-state index is 12.3. The van der Waals surface area contributed by atoms with Crippen molar-refractivity contribution in [3.05, 3.63) is 35.9 Å². The maximum Gasteiger partial charge on any atom is 0.356 e. The Labute approximate surface area is 121 Å². The van der Waals surface area contributed by atoms with Crippen molar-refractivity contribution in [2.75, 3.05) is 7.05 Å². The van der Waals surface area contributed by atoms with Crippen LogP contribution in [0.25, 0.3) is 0 Å². The molecule has 1 amide bonds. The third-order valence-electron chi connectivity index (χ3n) is 3.14. The Balaban J connectivity index is 2.05. The molecule has 0 fully saturated rings. The lowest BCUT2D eigenvalue weighted by molar-refractivity contribution is -0.133. The minimum Gasteiger partial charge on any atom is -0.476 e. The zero-order valence-corrected chi connectivity index (χ0v) is 12.1. The molecule has 0 saturated heterocycles. The van der Waals surface area contributed by atoms with Crippen LogP contribution in [-0.4, -0.2) is 48.5 Å². The van der Waals surface area contributed by atoms with Gasteiger partial charge in [0.05, 0.1) is 6.20 Å². The summed E-state index contributed by atoms with van der Waals surface area (Å²) >= 11 is 0. The summed E-state index contributed by atoms with van der Waals surface area (Å²) < 4.78 is 3.02. The van der Waals surface area contributed by atoms with Gasteiger partial charge in [-0.05, 0) is 13.0 Å². The fourth-order valence-electron chi connectivity index (χ4n) is 2.01. The molecule has 0 spiro atoms. The number of rotatable bonds is 5. The molecular formula is C13H17N5O3. The molecule has 0 radical (unpaired) electrons. The van der Waals surface area contributed by atoms with E-state index in [2.05, 4.69) is 10.2 Å². The third kappa shape index (κ3) is 3.28. The Bertz CT molecular complexity index is 660. The molecule has 0 aliphatic heterocycles. The molecule has 21 heavy (non-hydrogen) atoms. The Morgan fingerprint density at radius 3 is 2.71 bits per heavy atom. The first-order valence-electron chi connectivity index (χ1n) is 6.39. The van der Waals surface area contributed by atoms with Crippen molar-refractivity contribution >= 4 is 11.9 Å². The summed E-state index contributed by atoms with van der Waals surface area (Å²) in [5.74, 6) is -1.27. The Morgan fingerprint density at radius 2 is 2.19 bits per heavy atom. The van der Waals surface area contributed by atoms with Crippen LogP contribution in [0, 0.1) is 0 Å². The van der Waals surface area contributed by atoms with E-state index in [0.717, 1.165) is 5.56 Å². The largest absolute Gasteiger partial charge is 0.476 e. The molecule has 2 aromatic rings. The molecule has 0 aromatic carbocycles. The van der Waals surface area contributed by atoms with Gasteiger partial charge in [0.1, 0.15) is 6.04 Å². The van der Waals surface area contributed by atoms with Crippen LogP contribution >= 0.6 is 0 Å². The summed E-state index contributed by atoms with van der Waals surface area (Å²) in [7, 11) is 3.50. The summed E-state index contributed by atoms with van der Waals surface area (Å²) in [5.41, 5.74) is 0.844. The standard InChI is InChI=1S/C13H17N5O3/c1-9(18-5-4-11(15-18)13(20)21)12(19)16(2)7-10-6-14-17(3)8-10/h4-6,8-9H,7H2,1-3H3,(H,20,21). The number of hydrogen-bond donors (Lipinski definition) is 1. The van der Waals surface area contributed by atoms with Gasteiger partial charge in [0.2, 0.25) is 5.91 Å². The van der Waals surface area contributed by atoms with E-state index in [1.807, 2.05) is 13.2 Å². The number of likely N-dealkylation sites (N-methyl/N-ethyl adjacent to an activating group) is 1. The van der Waals surface area contributed by atoms with Crippen molar-refractivity contribution in [2.45, 2.75) is 19.5 Å². The van der Waals surface area contributed by atoms with Gasteiger partial charge in [0.15, 0.2) is 5.69 Å². The third-order valence-corrected chi connectivity index (χ3v) is 3.14. The van der Waals surface area contributed by atoms with E-state index in [1.165, 1.54) is 16.9 Å². The number of aromatic carboxylic acids is 1. The molecule has 1 atom stereocenters. The molecule has 0 aliphatic rings. The second-order valence-electron chi connectivity index (χ2n) is 4.88. The van der Waals surface area contributed by atoms with Gasteiger partial charge in [-0.15, -0.1) is 0 Å². The van der Waals surface area contributed by atoms with E-state index < -0.39 is 12.0 Å². The summed E-state index contributed by atoms with van der Waals surface area (Å²) in [6.45, 7) is 2.12. The zero-order chi connectivity index (χ0) is 15.6. The van der Waals surface area contributed by atoms with Crippen LogP contribution in [0.4, 0.5) is 0 Å². The second kappa shape index (κ2) is 5.78.